The van der Waals surface area contributed by atoms with Crippen molar-refractivity contribution < 1.29 is 13.5 Å². The molecule has 0 radical (unpaired) electrons. The van der Waals surface area contributed by atoms with Gasteiger partial charge in [-0.25, -0.2) is 8.78 Å². The topological polar surface area (TPSA) is 35.2 Å². The van der Waals surface area contributed by atoms with Gasteiger partial charge in [-0.05, 0) is 19.0 Å². The van der Waals surface area contributed by atoms with Crippen molar-refractivity contribution >= 4 is 0 Å². The molecule has 0 aliphatic carbocycles. The predicted molar refractivity (Wildman–Crippen MR) is 50.5 cm³/mol. The summed E-state index contributed by atoms with van der Waals surface area (Å²) in [7, 11) is 1.35. The highest BCUT2D eigenvalue weighted by atomic mass is 19.1. The van der Waals surface area contributed by atoms with E-state index in [0.29, 0.717) is 0 Å². The maximum absolute atomic E-state index is 13.4. The molecule has 1 atom stereocenters. The van der Waals surface area contributed by atoms with Crippen molar-refractivity contribution in [2.75, 3.05) is 13.7 Å². The van der Waals surface area contributed by atoms with Crippen molar-refractivity contribution in [3.63, 3.8) is 0 Å². The molecule has 1 unspecified atom stereocenters. The number of benzene rings is 1. The van der Waals surface area contributed by atoms with Crippen molar-refractivity contribution in [2.24, 2.45) is 5.73 Å². The zero-order valence-corrected chi connectivity index (χ0v) is 7.97. The summed E-state index contributed by atoms with van der Waals surface area (Å²) >= 11 is 0. The van der Waals surface area contributed by atoms with E-state index in [-0.39, 0.29) is 24.3 Å². The summed E-state index contributed by atoms with van der Waals surface area (Å²) in [4.78, 5) is 0. The molecule has 14 heavy (non-hydrogen) atoms. The van der Waals surface area contributed by atoms with Gasteiger partial charge in [0.2, 0.25) is 0 Å². The van der Waals surface area contributed by atoms with E-state index in [1.54, 1.807) is 6.07 Å². The highest BCUT2D eigenvalue weighted by Crippen LogP contribution is 2.28. The summed E-state index contributed by atoms with van der Waals surface area (Å²) in [5.41, 5.74) is 5.20. The first-order chi connectivity index (χ1) is 6.70. The zero-order chi connectivity index (χ0) is 10.6. The van der Waals surface area contributed by atoms with Crippen LogP contribution >= 0.6 is 0 Å². The first-order valence-electron chi connectivity index (χ1n) is 4.37. The Labute approximate surface area is 81.7 Å². The summed E-state index contributed by atoms with van der Waals surface area (Å²) in [6.07, 6.45) is -1.25. The molecule has 0 heterocycles. The van der Waals surface area contributed by atoms with E-state index in [9.17, 15) is 8.78 Å². The number of alkyl halides is 1. The molecular weight excluding hydrogens is 188 g/mol. The molecule has 4 heteroatoms. The first-order valence-corrected chi connectivity index (χ1v) is 4.37. The summed E-state index contributed by atoms with van der Waals surface area (Å²) in [5, 5.41) is 0. The predicted octanol–water partition coefficient (Wildman–Crippen LogP) is 2.19. The molecule has 0 bridgehead atoms. The smallest absolute Gasteiger partial charge is 0.171 e. The van der Waals surface area contributed by atoms with Gasteiger partial charge in [0.1, 0.15) is 6.17 Å². The number of halogens is 2. The fourth-order valence-corrected chi connectivity index (χ4v) is 1.23. The monoisotopic (exact) mass is 201 g/mol. The second-order valence-corrected chi connectivity index (χ2v) is 2.91. The Balaban J connectivity index is 2.96. The summed E-state index contributed by atoms with van der Waals surface area (Å²) in [6, 6.07) is 4.41. The van der Waals surface area contributed by atoms with Crippen LogP contribution in [0.25, 0.3) is 0 Å². The Kier molecular flexibility index (Phi) is 3.83. The van der Waals surface area contributed by atoms with Gasteiger partial charge in [-0.1, -0.05) is 12.1 Å². The van der Waals surface area contributed by atoms with E-state index in [0.717, 1.165) is 0 Å². The maximum Gasteiger partial charge on any atom is 0.171 e. The first kappa shape index (κ1) is 10.9. The van der Waals surface area contributed by atoms with Crippen LogP contribution in [-0.4, -0.2) is 13.7 Å². The van der Waals surface area contributed by atoms with E-state index in [2.05, 4.69) is 0 Å². The van der Waals surface area contributed by atoms with Crippen LogP contribution in [0.15, 0.2) is 18.2 Å². The van der Waals surface area contributed by atoms with Gasteiger partial charge in [0, 0.05) is 5.56 Å². The van der Waals surface area contributed by atoms with Crippen LogP contribution in [0.4, 0.5) is 8.78 Å². The van der Waals surface area contributed by atoms with Crippen LogP contribution in [0.1, 0.15) is 18.2 Å². The lowest BCUT2D eigenvalue weighted by Gasteiger charge is -2.10. The van der Waals surface area contributed by atoms with E-state index >= 15 is 0 Å². The Morgan fingerprint density at radius 3 is 2.79 bits per heavy atom. The minimum Gasteiger partial charge on any atom is -0.494 e. The molecule has 2 nitrogen and oxygen atoms in total. The van der Waals surface area contributed by atoms with Gasteiger partial charge < -0.3 is 10.5 Å². The third-order valence-electron chi connectivity index (χ3n) is 1.97. The summed E-state index contributed by atoms with van der Waals surface area (Å²) in [5.74, 6) is -0.585. The zero-order valence-electron chi connectivity index (χ0n) is 7.97. The fraction of sp³-hybridized carbons (Fsp3) is 0.400. The lowest BCUT2D eigenvalue weighted by Crippen LogP contribution is -2.05. The summed E-state index contributed by atoms with van der Waals surface area (Å²) < 4.78 is 31.5. The van der Waals surface area contributed by atoms with E-state index in [1.807, 2.05) is 0 Å². The number of hydrogen-bond donors (Lipinski definition) is 1. The molecule has 1 aromatic carbocycles. The highest BCUT2D eigenvalue weighted by Gasteiger charge is 2.16. The molecule has 1 rings (SSSR count). The SMILES string of the molecule is COc1cccc(C(F)CCN)c1F. The molecule has 0 aliphatic heterocycles. The second-order valence-electron chi connectivity index (χ2n) is 2.91. The van der Waals surface area contributed by atoms with Crippen molar-refractivity contribution in [3.8, 4) is 5.75 Å². The Hall–Kier alpha value is -1.16. The van der Waals surface area contributed by atoms with Gasteiger partial charge in [-0.2, -0.15) is 0 Å². The van der Waals surface area contributed by atoms with Gasteiger partial charge in [-0.3, -0.25) is 0 Å². The molecule has 1 aromatic rings. The summed E-state index contributed by atoms with van der Waals surface area (Å²) in [6.45, 7) is 0.192. The quantitative estimate of drug-likeness (QED) is 0.810. The number of nitrogens with two attached hydrogens (primary N) is 1. The maximum atomic E-state index is 13.4. The van der Waals surface area contributed by atoms with Gasteiger partial charge in [0.15, 0.2) is 11.6 Å². The third-order valence-corrected chi connectivity index (χ3v) is 1.97. The number of hydrogen-bond acceptors (Lipinski definition) is 2. The van der Waals surface area contributed by atoms with Crippen LogP contribution in [0.2, 0.25) is 0 Å². The lowest BCUT2D eigenvalue weighted by molar-refractivity contribution is 0.310. The van der Waals surface area contributed by atoms with Crippen LogP contribution in [0, 0.1) is 5.82 Å². The average Bonchev–Trinajstić information content (AvgIpc) is 2.18. The molecule has 0 saturated carbocycles. The second kappa shape index (κ2) is 4.91. The number of rotatable bonds is 4. The molecule has 0 amide bonds. The van der Waals surface area contributed by atoms with E-state index in [4.69, 9.17) is 10.5 Å². The molecule has 0 spiro atoms. The Morgan fingerprint density at radius 1 is 1.50 bits per heavy atom. The average molecular weight is 201 g/mol. The van der Waals surface area contributed by atoms with Crippen molar-refractivity contribution in [3.05, 3.63) is 29.6 Å². The van der Waals surface area contributed by atoms with Gasteiger partial charge in [-0.15, -0.1) is 0 Å². The third kappa shape index (κ3) is 2.20. The van der Waals surface area contributed by atoms with Crippen LogP contribution in [-0.2, 0) is 0 Å². The Bertz CT molecular complexity index is 304. The normalized spacial score (nSPS) is 12.6. The lowest BCUT2D eigenvalue weighted by atomic mass is 10.1. The van der Waals surface area contributed by atoms with Crippen molar-refractivity contribution in [1.29, 1.82) is 0 Å². The van der Waals surface area contributed by atoms with Crippen LogP contribution in [0.3, 0.4) is 0 Å². The van der Waals surface area contributed by atoms with Gasteiger partial charge >= 0.3 is 0 Å². The van der Waals surface area contributed by atoms with Crippen LogP contribution < -0.4 is 10.5 Å². The molecule has 2 N–H and O–H groups in total. The van der Waals surface area contributed by atoms with Gasteiger partial charge in [0.25, 0.3) is 0 Å². The highest BCUT2D eigenvalue weighted by molar-refractivity contribution is 5.32. The van der Waals surface area contributed by atoms with E-state index in [1.165, 1.54) is 19.2 Å². The fourth-order valence-electron chi connectivity index (χ4n) is 1.23. The molecular formula is C10H13F2NO. The Morgan fingerprint density at radius 2 is 2.21 bits per heavy atom. The van der Waals surface area contributed by atoms with Crippen LogP contribution in [0.5, 0.6) is 5.75 Å². The number of methoxy groups -OCH3 is 1. The largest absolute Gasteiger partial charge is 0.494 e. The number of ether oxygens (including phenoxy) is 1. The van der Waals surface area contributed by atoms with Crippen molar-refractivity contribution in [1.82, 2.24) is 0 Å². The standard InChI is InChI=1S/C10H13F2NO/c1-14-9-4-2-3-7(10(9)12)8(11)5-6-13/h2-4,8H,5-6,13H2,1H3. The molecule has 0 saturated heterocycles. The minimum absolute atomic E-state index is 0.00907. The molecule has 0 aromatic heterocycles. The molecule has 78 valence electrons. The van der Waals surface area contributed by atoms with E-state index < -0.39 is 12.0 Å². The minimum atomic E-state index is -1.37. The molecule has 0 fully saturated rings. The molecule has 0 aliphatic rings. The van der Waals surface area contributed by atoms with Crippen molar-refractivity contribution in [2.45, 2.75) is 12.6 Å². The van der Waals surface area contributed by atoms with Gasteiger partial charge in [0.05, 0.1) is 7.11 Å².